The Morgan fingerprint density at radius 3 is 2.24 bits per heavy atom. The monoisotopic (exact) mass is 319 g/mol. The first-order valence-corrected chi connectivity index (χ1v) is 6.79. The van der Waals surface area contributed by atoms with Crippen LogP contribution in [0.1, 0.15) is 21.5 Å². The van der Waals surface area contributed by atoms with Crippen LogP contribution in [-0.4, -0.2) is 5.91 Å². The molecule has 0 heterocycles. The number of halogens is 2. The quantitative estimate of drug-likeness (QED) is 0.842. The van der Waals surface area contributed by atoms with Gasteiger partial charge in [0.2, 0.25) is 0 Å². The molecule has 2 N–H and O–H groups in total. The number of nitrogens with zero attached hydrogens (tertiary/aromatic N) is 1. The van der Waals surface area contributed by atoms with Crippen LogP contribution in [0.25, 0.3) is 0 Å². The molecule has 1 amide bonds. The van der Waals surface area contributed by atoms with Crippen molar-refractivity contribution >= 4 is 34.8 Å². The highest BCUT2D eigenvalue weighted by molar-refractivity contribution is 6.39. The molecule has 2 aromatic rings. The van der Waals surface area contributed by atoms with Crippen molar-refractivity contribution in [2.24, 2.45) is 0 Å². The summed E-state index contributed by atoms with van der Waals surface area (Å²) in [4.78, 5) is 12.0. The van der Waals surface area contributed by atoms with E-state index in [0.29, 0.717) is 26.9 Å². The van der Waals surface area contributed by atoms with Crippen molar-refractivity contribution in [1.82, 2.24) is 5.43 Å². The Bertz CT molecular complexity index is 698. The van der Waals surface area contributed by atoms with Crippen molar-refractivity contribution in [2.75, 3.05) is 5.43 Å². The van der Waals surface area contributed by atoms with Gasteiger partial charge in [-0.1, -0.05) is 23.2 Å². The second kappa shape index (κ2) is 6.49. The Morgan fingerprint density at radius 2 is 1.71 bits per heavy atom. The van der Waals surface area contributed by atoms with E-state index in [9.17, 15) is 4.79 Å². The zero-order chi connectivity index (χ0) is 15.4. The van der Waals surface area contributed by atoms with Gasteiger partial charge in [-0.2, -0.15) is 5.26 Å². The number of hydrogen-bond donors (Lipinski definition) is 2. The standard InChI is InChI=1S/C15H11Cl2N3O/c1-9-6-12(16)14(13(17)7-9)19-20-15(21)11-4-2-10(8-18)3-5-11/h2-7,19H,1H3,(H,20,21). The van der Waals surface area contributed by atoms with Gasteiger partial charge in [0.1, 0.15) is 0 Å². The fraction of sp³-hybridized carbons (Fsp3) is 0.0667. The number of amides is 1. The van der Waals surface area contributed by atoms with Gasteiger partial charge in [0, 0.05) is 5.56 Å². The van der Waals surface area contributed by atoms with Gasteiger partial charge < -0.3 is 0 Å². The van der Waals surface area contributed by atoms with E-state index in [1.165, 1.54) is 0 Å². The van der Waals surface area contributed by atoms with Gasteiger partial charge in [0.15, 0.2) is 0 Å². The van der Waals surface area contributed by atoms with E-state index in [0.717, 1.165) is 5.56 Å². The van der Waals surface area contributed by atoms with Crippen molar-refractivity contribution in [3.8, 4) is 6.07 Å². The summed E-state index contributed by atoms with van der Waals surface area (Å²) in [5, 5.41) is 9.54. The SMILES string of the molecule is Cc1cc(Cl)c(NNC(=O)c2ccc(C#N)cc2)c(Cl)c1. The molecule has 0 atom stereocenters. The van der Waals surface area contributed by atoms with E-state index in [-0.39, 0.29) is 5.91 Å². The first-order valence-electron chi connectivity index (χ1n) is 6.03. The Morgan fingerprint density at radius 1 is 1.14 bits per heavy atom. The molecule has 0 radical (unpaired) electrons. The maximum atomic E-state index is 12.0. The van der Waals surface area contributed by atoms with Crippen molar-refractivity contribution < 1.29 is 4.79 Å². The van der Waals surface area contributed by atoms with Crippen molar-refractivity contribution in [2.45, 2.75) is 6.92 Å². The Kier molecular flexibility index (Phi) is 4.69. The molecule has 2 rings (SSSR count). The fourth-order valence-electron chi connectivity index (χ4n) is 1.71. The van der Waals surface area contributed by atoms with E-state index in [4.69, 9.17) is 28.5 Å². The van der Waals surface area contributed by atoms with Crippen molar-refractivity contribution in [3.63, 3.8) is 0 Å². The van der Waals surface area contributed by atoms with E-state index in [1.54, 1.807) is 36.4 Å². The number of rotatable bonds is 3. The molecule has 0 spiro atoms. The molecule has 0 aliphatic rings. The molecule has 21 heavy (non-hydrogen) atoms. The van der Waals surface area contributed by atoms with Crippen LogP contribution in [0.3, 0.4) is 0 Å². The molecule has 4 nitrogen and oxygen atoms in total. The minimum Gasteiger partial charge on any atom is -0.295 e. The van der Waals surface area contributed by atoms with Gasteiger partial charge in [-0.15, -0.1) is 0 Å². The molecule has 0 unspecified atom stereocenters. The summed E-state index contributed by atoms with van der Waals surface area (Å²) in [6.07, 6.45) is 0. The summed E-state index contributed by atoms with van der Waals surface area (Å²) < 4.78 is 0. The third kappa shape index (κ3) is 3.66. The predicted octanol–water partition coefficient (Wildman–Crippen LogP) is 3.93. The molecule has 0 fully saturated rings. The van der Waals surface area contributed by atoms with Crippen LogP contribution in [-0.2, 0) is 0 Å². The van der Waals surface area contributed by atoms with E-state index >= 15 is 0 Å². The summed E-state index contributed by atoms with van der Waals surface area (Å²) in [5.74, 6) is -0.354. The lowest BCUT2D eigenvalue weighted by atomic mass is 10.1. The van der Waals surface area contributed by atoms with Crippen LogP contribution >= 0.6 is 23.2 Å². The van der Waals surface area contributed by atoms with Crippen LogP contribution in [0.15, 0.2) is 36.4 Å². The average molecular weight is 320 g/mol. The third-order valence-electron chi connectivity index (χ3n) is 2.76. The number of carbonyl (C=O) groups is 1. The van der Waals surface area contributed by atoms with Gasteiger partial charge in [-0.25, -0.2) is 0 Å². The number of nitrogens with one attached hydrogen (secondary N) is 2. The lowest BCUT2D eigenvalue weighted by Gasteiger charge is -2.12. The molecule has 0 saturated heterocycles. The number of aryl methyl sites for hydroxylation is 1. The molecule has 0 aliphatic carbocycles. The summed E-state index contributed by atoms with van der Waals surface area (Å²) in [6, 6.07) is 11.7. The minimum atomic E-state index is -0.354. The average Bonchev–Trinajstić information content (AvgIpc) is 2.46. The van der Waals surface area contributed by atoms with Gasteiger partial charge in [-0.05, 0) is 48.9 Å². The highest BCUT2D eigenvalue weighted by atomic mass is 35.5. The normalized spacial score (nSPS) is 9.81. The number of nitriles is 1. The summed E-state index contributed by atoms with van der Waals surface area (Å²) >= 11 is 12.1. The predicted molar refractivity (Wildman–Crippen MR) is 83.4 cm³/mol. The number of hydrazine groups is 1. The Balaban J connectivity index is 2.09. The minimum absolute atomic E-state index is 0.354. The highest BCUT2D eigenvalue weighted by Gasteiger charge is 2.09. The summed E-state index contributed by atoms with van der Waals surface area (Å²) in [6.45, 7) is 1.87. The molecule has 2 aromatic carbocycles. The summed E-state index contributed by atoms with van der Waals surface area (Å²) in [7, 11) is 0. The number of hydrogen-bond acceptors (Lipinski definition) is 3. The number of benzene rings is 2. The number of carbonyl (C=O) groups excluding carboxylic acids is 1. The zero-order valence-corrected chi connectivity index (χ0v) is 12.6. The fourth-order valence-corrected chi connectivity index (χ4v) is 2.40. The molecule has 6 heteroatoms. The van der Waals surface area contributed by atoms with Gasteiger partial charge in [0.25, 0.3) is 5.91 Å². The molecule has 0 bridgehead atoms. The second-order valence-corrected chi connectivity index (χ2v) is 5.19. The molecular formula is C15H11Cl2N3O. The van der Waals surface area contributed by atoms with E-state index < -0.39 is 0 Å². The third-order valence-corrected chi connectivity index (χ3v) is 3.36. The van der Waals surface area contributed by atoms with Crippen LogP contribution in [0.5, 0.6) is 0 Å². The van der Waals surface area contributed by atoms with Gasteiger partial charge in [-0.3, -0.25) is 15.6 Å². The lowest BCUT2D eigenvalue weighted by molar-refractivity contribution is 0.0962. The first kappa shape index (κ1) is 15.2. The van der Waals surface area contributed by atoms with Gasteiger partial charge >= 0.3 is 0 Å². The van der Waals surface area contributed by atoms with Crippen LogP contribution < -0.4 is 10.9 Å². The second-order valence-electron chi connectivity index (χ2n) is 4.37. The molecule has 0 aliphatic heterocycles. The Hall–Kier alpha value is -2.22. The first-order chi connectivity index (χ1) is 10.0. The molecular weight excluding hydrogens is 309 g/mol. The largest absolute Gasteiger partial charge is 0.295 e. The molecule has 106 valence electrons. The van der Waals surface area contributed by atoms with Crippen LogP contribution in [0.2, 0.25) is 10.0 Å². The van der Waals surface area contributed by atoms with Crippen molar-refractivity contribution in [1.29, 1.82) is 5.26 Å². The number of anilines is 1. The molecule has 0 aromatic heterocycles. The maximum Gasteiger partial charge on any atom is 0.269 e. The highest BCUT2D eigenvalue weighted by Crippen LogP contribution is 2.30. The summed E-state index contributed by atoms with van der Waals surface area (Å²) in [5.41, 5.74) is 7.49. The topological polar surface area (TPSA) is 64.9 Å². The lowest BCUT2D eigenvalue weighted by Crippen LogP contribution is -2.29. The van der Waals surface area contributed by atoms with E-state index in [2.05, 4.69) is 10.9 Å². The van der Waals surface area contributed by atoms with Crippen molar-refractivity contribution in [3.05, 3.63) is 63.1 Å². The maximum absolute atomic E-state index is 12.0. The van der Waals surface area contributed by atoms with E-state index in [1.807, 2.05) is 13.0 Å². The smallest absolute Gasteiger partial charge is 0.269 e. The van der Waals surface area contributed by atoms with Gasteiger partial charge in [0.05, 0.1) is 27.4 Å². The van der Waals surface area contributed by atoms with Crippen LogP contribution in [0.4, 0.5) is 5.69 Å². The Labute approximate surface area is 132 Å². The van der Waals surface area contributed by atoms with Crippen LogP contribution in [0, 0.1) is 18.3 Å². The molecule has 0 saturated carbocycles. The zero-order valence-electron chi connectivity index (χ0n) is 11.1.